The fourth-order valence-electron chi connectivity index (χ4n) is 4.15. The summed E-state index contributed by atoms with van der Waals surface area (Å²) in [6.45, 7) is 5.47. The van der Waals surface area contributed by atoms with Crippen LogP contribution in [0.5, 0.6) is 0 Å². The maximum atomic E-state index is 12.7. The van der Waals surface area contributed by atoms with Gasteiger partial charge in [-0.15, -0.1) is 0 Å². The molecule has 4 rings (SSSR count). The van der Waals surface area contributed by atoms with Crippen LogP contribution >= 0.6 is 11.8 Å². The van der Waals surface area contributed by atoms with Gasteiger partial charge in [0.05, 0.1) is 4.91 Å². The second-order valence-corrected chi connectivity index (χ2v) is 8.94. The van der Waals surface area contributed by atoms with Gasteiger partial charge in [-0.1, -0.05) is 6.07 Å². The van der Waals surface area contributed by atoms with Gasteiger partial charge in [-0.05, 0) is 80.1 Å². The molecule has 1 aromatic rings. The lowest BCUT2D eigenvalue weighted by Gasteiger charge is -2.29. The number of hydrogen-bond donors (Lipinski definition) is 0. The van der Waals surface area contributed by atoms with Crippen LogP contribution in [0.3, 0.4) is 0 Å². The number of aryl methyl sites for hydroxylation is 1. The molecule has 29 heavy (non-hydrogen) atoms. The predicted octanol–water partition coefficient (Wildman–Crippen LogP) is 3.64. The molecule has 0 radical (unpaired) electrons. The van der Waals surface area contributed by atoms with E-state index in [2.05, 4.69) is 17.0 Å². The van der Waals surface area contributed by atoms with Crippen molar-refractivity contribution in [3.63, 3.8) is 0 Å². The summed E-state index contributed by atoms with van der Waals surface area (Å²) in [6, 6.07) is 6.26. The van der Waals surface area contributed by atoms with Crippen molar-refractivity contribution in [2.45, 2.75) is 39.0 Å². The zero-order valence-electron chi connectivity index (χ0n) is 16.9. The molecule has 0 aliphatic carbocycles. The SMILES string of the molecule is Cc1cc(N2CCCCC2)ccc1/C=C1/SC(=O)N(CC(=O)N2CCCC2)C1=O. The van der Waals surface area contributed by atoms with Gasteiger partial charge in [-0.3, -0.25) is 19.3 Å². The lowest BCUT2D eigenvalue weighted by Crippen LogP contribution is -2.40. The Hall–Kier alpha value is -2.28. The first-order chi connectivity index (χ1) is 14.0. The normalized spacial score (nSPS) is 21.6. The number of amides is 3. The third kappa shape index (κ3) is 4.34. The summed E-state index contributed by atoms with van der Waals surface area (Å²) in [6.07, 6.45) is 7.50. The molecule has 0 atom stereocenters. The van der Waals surface area contributed by atoms with Gasteiger partial charge in [0.15, 0.2) is 0 Å². The van der Waals surface area contributed by atoms with Gasteiger partial charge < -0.3 is 9.80 Å². The molecule has 0 aromatic heterocycles. The lowest BCUT2D eigenvalue weighted by molar-refractivity contribution is -0.135. The van der Waals surface area contributed by atoms with Crippen molar-refractivity contribution in [3.05, 3.63) is 34.2 Å². The van der Waals surface area contributed by atoms with E-state index in [4.69, 9.17) is 0 Å². The quantitative estimate of drug-likeness (QED) is 0.705. The van der Waals surface area contributed by atoms with Crippen LogP contribution in [-0.4, -0.2) is 59.6 Å². The minimum atomic E-state index is -0.368. The van der Waals surface area contributed by atoms with E-state index in [1.165, 1.54) is 24.9 Å². The van der Waals surface area contributed by atoms with E-state index < -0.39 is 0 Å². The Bertz CT molecular complexity index is 855. The molecule has 3 saturated heterocycles. The average molecular weight is 414 g/mol. The Morgan fingerprint density at radius 1 is 1.03 bits per heavy atom. The molecule has 3 aliphatic rings. The molecule has 7 heteroatoms. The summed E-state index contributed by atoms with van der Waals surface area (Å²) >= 11 is 0.920. The predicted molar refractivity (Wildman–Crippen MR) is 116 cm³/mol. The molecule has 0 spiro atoms. The van der Waals surface area contributed by atoms with Gasteiger partial charge in [0, 0.05) is 31.9 Å². The summed E-state index contributed by atoms with van der Waals surface area (Å²) in [4.78, 5) is 43.0. The number of hydrogen-bond acceptors (Lipinski definition) is 5. The molecule has 0 saturated carbocycles. The molecule has 3 fully saturated rings. The molecule has 154 valence electrons. The average Bonchev–Trinajstić information content (AvgIpc) is 3.35. The van der Waals surface area contributed by atoms with Crippen molar-refractivity contribution in [3.8, 4) is 0 Å². The zero-order valence-corrected chi connectivity index (χ0v) is 17.7. The number of carbonyl (C=O) groups is 3. The fourth-order valence-corrected chi connectivity index (χ4v) is 4.98. The summed E-state index contributed by atoms with van der Waals surface area (Å²) < 4.78 is 0. The number of nitrogens with zero attached hydrogens (tertiary/aromatic N) is 3. The first-order valence-electron chi connectivity index (χ1n) is 10.4. The number of anilines is 1. The number of benzene rings is 1. The lowest BCUT2D eigenvalue weighted by atomic mass is 10.0. The van der Waals surface area contributed by atoms with E-state index in [-0.39, 0.29) is 23.6 Å². The molecule has 0 unspecified atom stereocenters. The van der Waals surface area contributed by atoms with Crippen LogP contribution in [0.15, 0.2) is 23.1 Å². The van der Waals surface area contributed by atoms with E-state index >= 15 is 0 Å². The molecule has 6 nitrogen and oxygen atoms in total. The minimum absolute atomic E-state index is 0.145. The largest absolute Gasteiger partial charge is 0.372 e. The van der Waals surface area contributed by atoms with Gasteiger partial charge in [-0.25, -0.2) is 0 Å². The topological polar surface area (TPSA) is 60.9 Å². The number of thioether (sulfide) groups is 1. The van der Waals surface area contributed by atoms with Crippen LogP contribution < -0.4 is 4.90 Å². The van der Waals surface area contributed by atoms with Crippen molar-refractivity contribution in [2.24, 2.45) is 0 Å². The van der Waals surface area contributed by atoms with Crippen LogP contribution in [-0.2, 0) is 9.59 Å². The smallest absolute Gasteiger partial charge is 0.294 e. The fraction of sp³-hybridized carbons (Fsp3) is 0.500. The third-order valence-electron chi connectivity index (χ3n) is 5.89. The Labute approximate surface area is 175 Å². The highest BCUT2D eigenvalue weighted by Crippen LogP contribution is 2.33. The van der Waals surface area contributed by atoms with Gasteiger partial charge in [0.1, 0.15) is 6.54 Å². The molecular formula is C22H27N3O3S. The highest BCUT2D eigenvalue weighted by atomic mass is 32.2. The van der Waals surface area contributed by atoms with Crippen molar-refractivity contribution < 1.29 is 14.4 Å². The Balaban J connectivity index is 1.47. The van der Waals surface area contributed by atoms with E-state index in [1.807, 2.05) is 13.0 Å². The summed E-state index contributed by atoms with van der Waals surface area (Å²) in [5.41, 5.74) is 3.22. The van der Waals surface area contributed by atoms with E-state index in [9.17, 15) is 14.4 Å². The molecule has 0 N–H and O–H groups in total. The Kier molecular flexibility index (Phi) is 5.94. The summed E-state index contributed by atoms with van der Waals surface area (Å²) in [5, 5.41) is -0.364. The molecule has 1 aromatic carbocycles. The number of likely N-dealkylation sites (tertiary alicyclic amines) is 1. The first kappa shape index (κ1) is 20.0. The van der Waals surface area contributed by atoms with E-state index in [1.54, 1.807) is 11.0 Å². The maximum absolute atomic E-state index is 12.7. The first-order valence-corrected chi connectivity index (χ1v) is 11.2. The second kappa shape index (κ2) is 8.61. The van der Waals surface area contributed by atoms with E-state index in [0.717, 1.165) is 53.7 Å². The van der Waals surface area contributed by atoms with Crippen LogP contribution in [0, 0.1) is 6.92 Å². The number of carbonyl (C=O) groups excluding carboxylic acids is 3. The molecule has 0 bridgehead atoms. The van der Waals surface area contributed by atoms with Crippen molar-refractivity contribution in [2.75, 3.05) is 37.6 Å². The van der Waals surface area contributed by atoms with Crippen LogP contribution in [0.2, 0.25) is 0 Å². The zero-order chi connectivity index (χ0) is 20.4. The second-order valence-electron chi connectivity index (χ2n) is 7.94. The summed E-state index contributed by atoms with van der Waals surface area (Å²) in [5.74, 6) is -0.514. The van der Waals surface area contributed by atoms with Crippen LogP contribution in [0.1, 0.15) is 43.2 Å². The van der Waals surface area contributed by atoms with E-state index in [0.29, 0.717) is 18.0 Å². The van der Waals surface area contributed by atoms with Crippen molar-refractivity contribution >= 4 is 40.6 Å². The standard InChI is InChI=1S/C22H27N3O3S/c1-16-13-18(23-9-3-2-4-10-23)8-7-17(16)14-19-21(27)25(22(28)29-19)15-20(26)24-11-5-6-12-24/h7-8,13-14H,2-6,9-12,15H2,1H3/b19-14+. The Morgan fingerprint density at radius 2 is 1.72 bits per heavy atom. The van der Waals surface area contributed by atoms with Crippen LogP contribution in [0.25, 0.3) is 6.08 Å². The van der Waals surface area contributed by atoms with Gasteiger partial charge >= 0.3 is 0 Å². The third-order valence-corrected chi connectivity index (χ3v) is 6.79. The summed E-state index contributed by atoms with van der Waals surface area (Å²) in [7, 11) is 0. The van der Waals surface area contributed by atoms with Crippen molar-refractivity contribution in [1.29, 1.82) is 0 Å². The molecular weight excluding hydrogens is 386 g/mol. The maximum Gasteiger partial charge on any atom is 0.294 e. The van der Waals surface area contributed by atoms with Crippen LogP contribution in [0.4, 0.5) is 10.5 Å². The van der Waals surface area contributed by atoms with Gasteiger partial charge in [0.2, 0.25) is 5.91 Å². The number of imide groups is 1. The highest BCUT2D eigenvalue weighted by molar-refractivity contribution is 8.18. The number of piperidine rings is 1. The molecule has 3 amide bonds. The Morgan fingerprint density at radius 3 is 2.41 bits per heavy atom. The molecule has 3 heterocycles. The molecule has 3 aliphatic heterocycles. The van der Waals surface area contributed by atoms with Crippen molar-refractivity contribution in [1.82, 2.24) is 9.80 Å². The highest BCUT2D eigenvalue weighted by Gasteiger charge is 2.37. The van der Waals surface area contributed by atoms with Gasteiger partial charge in [0.25, 0.3) is 11.1 Å². The monoisotopic (exact) mass is 413 g/mol. The number of rotatable bonds is 4. The minimum Gasteiger partial charge on any atom is -0.372 e. The van der Waals surface area contributed by atoms with Gasteiger partial charge in [-0.2, -0.15) is 0 Å².